The van der Waals surface area contributed by atoms with Crippen LogP contribution < -0.4 is 5.73 Å². The number of hydrogen-bond donors (Lipinski definition) is 2. The van der Waals surface area contributed by atoms with Crippen molar-refractivity contribution >= 4 is 19.8 Å². The number of carbonyl (C=O) groups is 2. The molecule has 0 aliphatic heterocycles. The maximum Gasteiger partial charge on any atom is 0.472 e. The van der Waals surface area contributed by atoms with Gasteiger partial charge in [-0.1, -0.05) is 140 Å². The van der Waals surface area contributed by atoms with Crippen LogP contribution in [0, 0.1) is 0 Å². The summed E-state index contributed by atoms with van der Waals surface area (Å²) in [5.74, 6) is -0.898. The van der Waals surface area contributed by atoms with Crippen LogP contribution in [0.5, 0.6) is 0 Å². The Kier molecular flexibility index (Phi) is 34.3. The van der Waals surface area contributed by atoms with E-state index in [1.54, 1.807) is 0 Å². The zero-order valence-electron chi connectivity index (χ0n) is 30.9. The first-order chi connectivity index (χ1) is 23.8. The summed E-state index contributed by atoms with van der Waals surface area (Å²) in [4.78, 5) is 34.6. The molecular formula is C39H70NO8P. The molecular weight excluding hydrogens is 641 g/mol. The zero-order chi connectivity index (χ0) is 36.1. The number of nitrogens with two attached hydrogens (primary N) is 1. The van der Waals surface area contributed by atoms with Crippen molar-refractivity contribution in [2.45, 2.75) is 161 Å². The van der Waals surface area contributed by atoms with Gasteiger partial charge in [0.2, 0.25) is 0 Å². The van der Waals surface area contributed by atoms with E-state index in [0.717, 1.165) is 38.5 Å². The van der Waals surface area contributed by atoms with E-state index < -0.39 is 32.5 Å². The van der Waals surface area contributed by atoms with E-state index >= 15 is 0 Å². The number of ether oxygens (including phenoxy) is 2. The van der Waals surface area contributed by atoms with Crippen molar-refractivity contribution in [2.75, 3.05) is 26.4 Å². The van der Waals surface area contributed by atoms with Crippen molar-refractivity contribution in [1.82, 2.24) is 0 Å². The van der Waals surface area contributed by atoms with E-state index in [1.807, 2.05) is 6.08 Å². The second-order valence-corrected chi connectivity index (χ2v) is 13.9. The first-order valence-corrected chi connectivity index (χ1v) is 20.6. The Morgan fingerprint density at radius 3 is 1.63 bits per heavy atom. The third kappa shape index (κ3) is 35.6. The third-order valence-electron chi connectivity index (χ3n) is 7.72. The molecule has 49 heavy (non-hydrogen) atoms. The van der Waals surface area contributed by atoms with E-state index in [4.69, 9.17) is 24.3 Å². The molecule has 9 nitrogen and oxygen atoms in total. The SMILES string of the molecule is CCCCC/C=C\C/C=C\C/C=C\C/C=C\CCCC(=O)O[C@H](COC(=O)CCCCCCCCCCCCC)COP(=O)(O)OCCN. The lowest BCUT2D eigenvalue weighted by Crippen LogP contribution is -2.29. The molecule has 0 aromatic rings. The predicted molar refractivity (Wildman–Crippen MR) is 201 cm³/mol. The lowest BCUT2D eigenvalue weighted by molar-refractivity contribution is -0.161. The van der Waals surface area contributed by atoms with Crippen molar-refractivity contribution in [2.24, 2.45) is 5.73 Å². The van der Waals surface area contributed by atoms with Gasteiger partial charge in [0.05, 0.1) is 13.2 Å². The van der Waals surface area contributed by atoms with Crippen LogP contribution in [0.15, 0.2) is 48.6 Å². The molecule has 1 unspecified atom stereocenters. The molecule has 0 amide bonds. The Labute approximate surface area is 298 Å². The topological polar surface area (TPSA) is 134 Å². The summed E-state index contributed by atoms with van der Waals surface area (Å²) in [6.45, 7) is 3.61. The highest BCUT2D eigenvalue weighted by molar-refractivity contribution is 7.47. The molecule has 10 heteroatoms. The van der Waals surface area contributed by atoms with Gasteiger partial charge in [-0.3, -0.25) is 18.6 Å². The Balaban J connectivity index is 4.34. The standard InChI is InChI=1S/C39H70NO8P/c1-3-5-7-9-11-13-15-16-17-18-19-20-22-24-26-28-30-32-39(42)48-37(36-47-49(43,44)46-34-33-40)35-45-38(41)31-29-27-25-23-21-14-12-10-8-6-4-2/h11,13,16-17,19-20,24,26,37H,3-10,12,14-15,18,21-23,25,27-36,40H2,1-2H3,(H,43,44)/b13-11-,17-16-,20-19-,26-24-/t37-/m1/s1. The second kappa shape index (κ2) is 35.8. The van der Waals surface area contributed by atoms with Crippen LogP contribution in [0.25, 0.3) is 0 Å². The van der Waals surface area contributed by atoms with E-state index in [-0.39, 0.29) is 32.6 Å². The van der Waals surface area contributed by atoms with E-state index in [9.17, 15) is 19.0 Å². The van der Waals surface area contributed by atoms with Gasteiger partial charge in [0.1, 0.15) is 6.61 Å². The highest BCUT2D eigenvalue weighted by Gasteiger charge is 2.25. The zero-order valence-corrected chi connectivity index (χ0v) is 31.8. The van der Waals surface area contributed by atoms with Gasteiger partial charge in [-0.15, -0.1) is 0 Å². The minimum atomic E-state index is -4.38. The summed E-state index contributed by atoms with van der Waals surface area (Å²) in [6.07, 6.45) is 38.6. The molecule has 0 saturated heterocycles. The molecule has 3 N–H and O–H groups in total. The Morgan fingerprint density at radius 2 is 1.08 bits per heavy atom. The molecule has 0 aliphatic carbocycles. The smallest absolute Gasteiger partial charge is 0.462 e. The Morgan fingerprint density at radius 1 is 0.612 bits per heavy atom. The summed E-state index contributed by atoms with van der Waals surface area (Å²) in [7, 11) is -4.38. The van der Waals surface area contributed by atoms with Crippen LogP contribution in [-0.4, -0.2) is 49.3 Å². The number of hydrogen-bond acceptors (Lipinski definition) is 8. The number of allylic oxidation sites excluding steroid dienone is 8. The Bertz CT molecular complexity index is 949. The molecule has 0 rings (SSSR count). The molecule has 0 aliphatic rings. The molecule has 0 radical (unpaired) electrons. The lowest BCUT2D eigenvalue weighted by atomic mass is 10.1. The van der Waals surface area contributed by atoms with Crippen LogP contribution in [-0.2, 0) is 32.7 Å². The van der Waals surface area contributed by atoms with Gasteiger partial charge in [-0.2, -0.15) is 0 Å². The summed E-state index contributed by atoms with van der Waals surface area (Å²) in [6, 6.07) is 0. The van der Waals surface area contributed by atoms with Crippen molar-refractivity contribution in [1.29, 1.82) is 0 Å². The van der Waals surface area contributed by atoms with Gasteiger partial charge in [0, 0.05) is 19.4 Å². The first kappa shape index (κ1) is 47.0. The minimum Gasteiger partial charge on any atom is -0.462 e. The normalized spacial score (nSPS) is 14.0. The quantitative estimate of drug-likeness (QED) is 0.0285. The maximum atomic E-state index is 12.5. The summed E-state index contributed by atoms with van der Waals surface area (Å²) in [5, 5.41) is 0. The van der Waals surface area contributed by atoms with Crippen LogP contribution in [0.3, 0.4) is 0 Å². The molecule has 0 heterocycles. The molecule has 0 fully saturated rings. The number of rotatable bonds is 35. The van der Waals surface area contributed by atoms with Gasteiger partial charge < -0.3 is 20.1 Å². The number of carbonyl (C=O) groups excluding carboxylic acids is 2. The van der Waals surface area contributed by atoms with Gasteiger partial charge in [-0.25, -0.2) is 4.57 Å². The molecule has 2 atom stereocenters. The maximum absolute atomic E-state index is 12.5. The van der Waals surface area contributed by atoms with E-state index in [1.165, 1.54) is 77.0 Å². The highest BCUT2D eigenvalue weighted by atomic mass is 31.2. The first-order valence-electron chi connectivity index (χ1n) is 19.1. The van der Waals surface area contributed by atoms with Crippen molar-refractivity contribution < 1.29 is 37.6 Å². The van der Waals surface area contributed by atoms with Gasteiger partial charge >= 0.3 is 19.8 Å². The third-order valence-corrected chi connectivity index (χ3v) is 8.70. The number of phosphoric ester groups is 1. The molecule has 0 bridgehead atoms. The number of phosphoric acid groups is 1. The minimum absolute atomic E-state index is 0.0441. The summed E-state index contributed by atoms with van der Waals surface area (Å²) in [5.41, 5.74) is 5.32. The van der Waals surface area contributed by atoms with Crippen LogP contribution in [0.2, 0.25) is 0 Å². The monoisotopic (exact) mass is 711 g/mol. The molecule has 0 spiro atoms. The molecule has 0 aromatic heterocycles. The van der Waals surface area contributed by atoms with E-state index in [0.29, 0.717) is 12.8 Å². The van der Waals surface area contributed by atoms with Crippen LogP contribution in [0.1, 0.15) is 155 Å². The van der Waals surface area contributed by atoms with Gasteiger partial charge in [0.15, 0.2) is 6.10 Å². The second-order valence-electron chi connectivity index (χ2n) is 12.4. The molecule has 284 valence electrons. The number of unbranched alkanes of at least 4 members (excludes halogenated alkanes) is 14. The molecule has 0 saturated carbocycles. The summed E-state index contributed by atoms with van der Waals surface area (Å²) >= 11 is 0. The fourth-order valence-corrected chi connectivity index (χ4v) is 5.63. The van der Waals surface area contributed by atoms with Gasteiger partial charge in [0.25, 0.3) is 0 Å². The van der Waals surface area contributed by atoms with Gasteiger partial charge in [-0.05, 0) is 51.4 Å². The average molecular weight is 712 g/mol. The number of esters is 2. The van der Waals surface area contributed by atoms with Crippen molar-refractivity contribution in [3.63, 3.8) is 0 Å². The Hall–Kier alpha value is -2.03. The van der Waals surface area contributed by atoms with Crippen molar-refractivity contribution in [3.8, 4) is 0 Å². The van der Waals surface area contributed by atoms with E-state index in [2.05, 4.69) is 56.4 Å². The van der Waals surface area contributed by atoms with Crippen LogP contribution >= 0.6 is 7.82 Å². The average Bonchev–Trinajstić information content (AvgIpc) is 3.08. The fourth-order valence-electron chi connectivity index (χ4n) is 4.86. The fraction of sp³-hybridized carbons (Fsp3) is 0.744. The van der Waals surface area contributed by atoms with Crippen molar-refractivity contribution in [3.05, 3.63) is 48.6 Å². The van der Waals surface area contributed by atoms with Crippen LogP contribution in [0.4, 0.5) is 0 Å². The largest absolute Gasteiger partial charge is 0.472 e. The highest BCUT2D eigenvalue weighted by Crippen LogP contribution is 2.43. The molecule has 0 aromatic carbocycles. The predicted octanol–water partition coefficient (Wildman–Crippen LogP) is 10.4. The lowest BCUT2D eigenvalue weighted by Gasteiger charge is -2.19. The summed E-state index contributed by atoms with van der Waals surface area (Å²) < 4.78 is 32.6.